The molecule has 0 aliphatic carbocycles. The SMILES string of the molecule is [C-]#[N+]CCc1cc(-c2ccccc2)n[nH]1. The van der Waals surface area contributed by atoms with Gasteiger partial charge in [-0.3, -0.25) is 5.10 Å². The Kier molecular flexibility index (Phi) is 2.80. The predicted octanol–water partition coefficient (Wildman–Crippen LogP) is 2.54. The van der Waals surface area contributed by atoms with Crippen LogP contribution in [0, 0.1) is 6.57 Å². The Morgan fingerprint density at radius 3 is 2.80 bits per heavy atom. The molecule has 2 rings (SSSR count). The van der Waals surface area contributed by atoms with E-state index >= 15 is 0 Å². The number of H-pyrrole nitrogens is 1. The van der Waals surface area contributed by atoms with E-state index in [9.17, 15) is 0 Å². The lowest BCUT2D eigenvalue weighted by Crippen LogP contribution is -1.86. The number of nitrogens with zero attached hydrogens (tertiary/aromatic N) is 2. The summed E-state index contributed by atoms with van der Waals surface area (Å²) in [4.78, 5) is 3.32. The Hall–Kier alpha value is -2.08. The van der Waals surface area contributed by atoms with E-state index in [2.05, 4.69) is 15.0 Å². The van der Waals surface area contributed by atoms with Crippen LogP contribution in [0.3, 0.4) is 0 Å². The summed E-state index contributed by atoms with van der Waals surface area (Å²) in [6.07, 6.45) is 0.739. The highest BCUT2D eigenvalue weighted by Crippen LogP contribution is 2.16. The molecular formula is C12H11N3. The maximum atomic E-state index is 6.71. The van der Waals surface area contributed by atoms with Crippen molar-refractivity contribution in [3.8, 4) is 11.3 Å². The number of hydrogen-bond donors (Lipinski definition) is 1. The van der Waals surface area contributed by atoms with Crippen LogP contribution in [0.1, 0.15) is 5.69 Å². The molecule has 1 heterocycles. The van der Waals surface area contributed by atoms with E-state index in [0.717, 1.165) is 23.4 Å². The lowest BCUT2D eigenvalue weighted by atomic mass is 10.1. The van der Waals surface area contributed by atoms with E-state index < -0.39 is 0 Å². The van der Waals surface area contributed by atoms with Gasteiger partial charge in [-0.15, -0.1) is 0 Å². The lowest BCUT2D eigenvalue weighted by Gasteiger charge is -1.92. The zero-order valence-electron chi connectivity index (χ0n) is 8.27. The summed E-state index contributed by atoms with van der Waals surface area (Å²) in [6.45, 7) is 7.22. The summed E-state index contributed by atoms with van der Waals surface area (Å²) < 4.78 is 0. The van der Waals surface area contributed by atoms with Crippen molar-refractivity contribution in [3.63, 3.8) is 0 Å². The summed E-state index contributed by atoms with van der Waals surface area (Å²) in [5.74, 6) is 0. The second kappa shape index (κ2) is 4.43. The molecule has 15 heavy (non-hydrogen) atoms. The van der Waals surface area contributed by atoms with Crippen LogP contribution in [0.15, 0.2) is 36.4 Å². The van der Waals surface area contributed by atoms with Crippen LogP contribution in [-0.4, -0.2) is 16.7 Å². The first kappa shape index (κ1) is 9.47. The normalized spacial score (nSPS) is 9.80. The smallest absolute Gasteiger partial charge is 0.220 e. The van der Waals surface area contributed by atoms with Gasteiger partial charge in [0.05, 0.1) is 12.1 Å². The highest BCUT2D eigenvalue weighted by atomic mass is 15.1. The van der Waals surface area contributed by atoms with Gasteiger partial charge in [-0.2, -0.15) is 5.10 Å². The maximum Gasteiger partial charge on any atom is 0.220 e. The molecule has 0 fully saturated rings. The van der Waals surface area contributed by atoms with E-state index in [1.807, 2.05) is 36.4 Å². The van der Waals surface area contributed by atoms with E-state index in [0.29, 0.717) is 6.54 Å². The second-order valence-electron chi connectivity index (χ2n) is 3.28. The van der Waals surface area contributed by atoms with E-state index in [1.165, 1.54) is 0 Å². The fourth-order valence-electron chi connectivity index (χ4n) is 1.42. The van der Waals surface area contributed by atoms with Gasteiger partial charge in [0, 0.05) is 11.3 Å². The Bertz CT molecular complexity index is 465. The lowest BCUT2D eigenvalue weighted by molar-refractivity contribution is 0.955. The summed E-state index contributed by atoms with van der Waals surface area (Å²) in [6, 6.07) is 12.0. The summed E-state index contributed by atoms with van der Waals surface area (Å²) in [7, 11) is 0. The molecule has 3 nitrogen and oxygen atoms in total. The molecule has 1 N–H and O–H groups in total. The maximum absolute atomic E-state index is 6.71. The van der Waals surface area contributed by atoms with Gasteiger partial charge in [0.1, 0.15) is 0 Å². The number of rotatable bonds is 3. The largest absolute Gasteiger partial charge is 0.317 e. The van der Waals surface area contributed by atoms with Crippen molar-refractivity contribution < 1.29 is 0 Å². The molecular weight excluding hydrogens is 186 g/mol. The Labute approximate surface area is 88.6 Å². The topological polar surface area (TPSA) is 33.0 Å². The molecule has 0 spiro atoms. The summed E-state index contributed by atoms with van der Waals surface area (Å²) in [5.41, 5.74) is 3.06. The highest BCUT2D eigenvalue weighted by molar-refractivity contribution is 5.58. The van der Waals surface area contributed by atoms with Crippen LogP contribution in [0.5, 0.6) is 0 Å². The Balaban J connectivity index is 2.18. The van der Waals surface area contributed by atoms with Crippen molar-refractivity contribution in [1.29, 1.82) is 0 Å². The standard InChI is InChI=1S/C12H11N3/c1-13-8-7-11-9-12(15-14-11)10-5-3-2-4-6-10/h2-6,9H,7-8H2,(H,14,15). The van der Waals surface area contributed by atoms with Crippen LogP contribution in [-0.2, 0) is 6.42 Å². The fraction of sp³-hybridized carbons (Fsp3) is 0.167. The van der Waals surface area contributed by atoms with Crippen LogP contribution >= 0.6 is 0 Å². The number of hydrogen-bond acceptors (Lipinski definition) is 1. The molecule has 0 aliphatic heterocycles. The highest BCUT2D eigenvalue weighted by Gasteiger charge is 2.03. The van der Waals surface area contributed by atoms with E-state index in [1.54, 1.807) is 0 Å². The molecule has 1 aromatic carbocycles. The van der Waals surface area contributed by atoms with Gasteiger partial charge in [0.25, 0.3) is 0 Å². The Morgan fingerprint density at radius 2 is 2.07 bits per heavy atom. The number of benzene rings is 1. The first-order chi connectivity index (χ1) is 7.40. The molecule has 1 aromatic heterocycles. The molecule has 3 heteroatoms. The van der Waals surface area contributed by atoms with Crippen LogP contribution in [0.4, 0.5) is 0 Å². The molecule has 0 amide bonds. The molecule has 0 radical (unpaired) electrons. The van der Waals surface area contributed by atoms with Gasteiger partial charge in [0.15, 0.2) is 0 Å². The monoisotopic (exact) mass is 197 g/mol. The zero-order chi connectivity index (χ0) is 10.5. The quantitative estimate of drug-likeness (QED) is 0.753. The molecule has 0 atom stereocenters. The molecule has 0 saturated carbocycles. The van der Waals surface area contributed by atoms with Crippen LogP contribution in [0.25, 0.3) is 16.1 Å². The third-order valence-corrected chi connectivity index (χ3v) is 2.19. The van der Waals surface area contributed by atoms with E-state index in [4.69, 9.17) is 6.57 Å². The van der Waals surface area contributed by atoms with Crippen molar-refractivity contribution in [2.75, 3.05) is 6.54 Å². The number of aromatic amines is 1. The number of aromatic nitrogens is 2. The van der Waals surface area contributed by atoms with Crippen molar-refractivity contribution in [2.45, 2.75) is 6.42 Å². The van der Waals surface area contributed by atoms with Crippen molar-refractivity contribution >= 4 is 0 Å². The van der Waals surface area contributed by atoms with E-state index in [-0.39, 0.29) is 0 Å². The first-order valence-corrected chi connectivity index (χ1v) is 4.83. The predicted molar refractivity (Wildman–Crippen MR) is 59.2 cm³/mol. The minimum Gasteiger partial charge on any atom is -0.317 e. The van der Waals surface area contributed by atoms with Crippen LogP contribution in [0.2, 0.25) is 0 Å². The zero-order valence-corrected chi connectivity index (χ0v) is 8.27. The van der Waals surface area contributed by atoms with Crippen molar-refractivity contribution in [1.82, 2.24) is 10.2 Å². The Morgan fingerprint density at radius 1 is 1.27 bits per heavy atom. The van der Waals surface area contributed by atoms with Gasteiger partial charge in [-0.1, -0.05) is 30.3 Å². The third kappa shape index (κ3) is 2.23. The second-order valence-corrected chi connectivity index (χ2v) is 3.28. The van der Waals surface area contributed by atoms with Gasteiger partial charge < -0.3 is 4.85 Å². The van der Waals surface area contributed by atoms with Crippen molar-refractivity contribution in [3.05, 3.63) is 53.5 Å². The minimum atomic E-state index is 0.510. The third-order valence-electron chi connectivity index (χ3n) is 2.19. The van der Waals surface area contributed by atoms with Gasteiger partial charge >= 0.3 is 0 Å². The molecule has 74 valence electrons. The first-order valence-electron chi connectivity index (χ1n) is 4.83. The van der Waals surface area contributed by atoms with Crippen molar-refractivity contribution in [2.24, 2.45) is 0 Å². The minimum absolute atomic E-state index is 0.510. The molecule has 0 aliphatic rings. The molecule has 2 aromatic rings. The molecule has 0 unspecified atom stereocenters. The van der Waals surface area contributed by atoms with Gasteiger partial charge in [-0.25, -0.2) is 6.57 Å². The molecule has 0 bridgehead atoms. The molecule has 0 saturated heterocycles. The summed E-state index contributed by atoms with van der Waals surface area (Å²) >= 11 is 0. The average Bonchev–Trinajstić information content (AvgIpc) is 2.76. The average molecular weight is 197 g/mol. The number of nitrogens with one attached hydrogen (secondary N) is 1. The van der Waals surface area contributed by atoms with Crippen LogP contribution < -0.4 is 0 Å². The summed E-state index contributed by atoms with van der Waals surface area (Å²) in [5, 5.41) is 7.16. The van der Waals surface area contributed by atoms with Gasteiger partial charge in [0.2, 0.25) is 6.54 Å². The fourth-order valence-corrected chi connectivity index (χ4v) is 1.42. The van der Waals surface area contributed by atoms with Gasteiger partial charge in [-0.05, 0) is 6.07 Å².